The van der Waals surface area contributed by atoms with E-state index in [1.165, 1.54) is 43.8 Å². The van der Waals surface area contributed by atoms with Crippen LogP contribution in [0.2, 0.25) is 0 Å². The van der Waals surface area contributed by atoms with E-state index in [-0.39, 0.29) is 0 Å². The highest BCUT2D eigenvalue weighted by molar-refractivity contribution is 6.00. The maximum atomic E-state index is 2.40. The van der Waals surface area contributed by atoms with E-state index in [0.29, 0.717) is 0 Å². The summed E-state index contributed by atoms with van der Waals surface area (Å²) < 4.78 is 0. The SMILES string of the molecule is c1ccc(CCc2ccc3cc4ccccc4cc3c2CCc2ccccc2)cc1. The van der Waals surface area contributed by atoms with Crippen molar-refractivity contribution in [1.82, 2.24) is 0 Å². The standard InChI is InChI=1S/C30H26/c1-3-9-23(10-4-1)15-17-25-18-19-28-21-26-13-7-8-14-27(26)22-30(28)29(25)20-16-24-11-5-2-6-12-24/h1-14,18-19,21-22H,15-17,20H2. The molecule has 5 aromatic rings. The predicted molar refractivity (Wildman–Crippen MR) is 129 cm³/mol. The average molecular weight is 387 g/mol. The molecule has 0 aliphatic rings. The Labute approximate surface area is 178 Å². The molecule has 0 fully saturated rings. The average Bonchev–Trinajstić information content (AvgIpc) is 2.81. The van der Waals surface area contributed by atoms with Crippen LogP contribution < -0.4 is 0 Å². The molecule has 0 amide bonds. The summed E-state index contributed by atoms with van der Waals surface area (Å²) in [6, 6.07) is 39.8. The summed E-state index contributed by atoms with van der Waals surface area (Å²) in [7, 11) is 0. The zero-order valence-corrected chi connectivity index (χ0v) is 17.2. The van der Waals surface area contributed by atoms with Gasteiger partial charge in [0.15, 0.2) is 0 Å². The van der Waals surface area contributed by atoms with Crippen molar-refractivity contribution in [3.05, 3.63) is 131 Å². The van der Waals surface area contributed by atoms with Crippen molar-refractivity contribution in [3.63, 3.8) is 0 Å². The summed E-state index contributed by atoms with van der Waals surface area (Å²) >= 11 is 0. The van der Waals surface area contributed by atoms with Gasteiger partial charge in [-0.15, -0.1) is 0 Å². The minimum Gasteiger partial charge on any atom is -0.0622 e. The van der Waals surface area contributed by atoms with Crippen LogP contribution >= 0.6 is 0 Å². The van der Waals surface area contributed by atoms with Crippen molar-refractivity contribution < 1.29 is 0 Å². The van der Waals surface area contributed by atoms with E-state index in [4.69, 9.17) is 0 Å². The van der Waals surface area contributed by atoms with Gasteiger partial charge in [0, 0.05) is 0 Å². The van der Waals surface area contributed by atoms with E-state index in [2.05, 4.69) is 109 Å². The lowest BCUT2D eigenvalue weighted by molar-refractivity contribution is 0.902. The summed E-state index contributed by atoms with van der Waals surface area (Å²) in [5.41, 5.74) is 5.81. The maximum absolute atomic E-state index is 2.40. The number of aryl methyl sites for hydroxylation is 4. The van der Waals surface area contributed by atoms with Crippen molar-refractivity contribution in [2.45, 2.75) is 25.7 Å². The van der Waals surface area contributed by atoms with Crippen LogP contribution in [0.3, 0.4) is 0 Å². The summed E-state index contributed by atoms with van der Waals surface area (Å²) in [6.07, 6.45) is 4.31. The van der Waals surface area contributed by atoms with Crippen LogP contribution in [0.1, 0.15) is 22.3 Å². The topological polar surface area (TPSA) is 0 Å². The fourth-order valence-electron chi connectivity index (χ4n) is 4.49. The number of hydrogen-bond donors (Lipinski definition) is 0. The van der Waals surface area contributed by atoms with Crippen LogP contribution in [0.15, 0.2) is 109 Å². The number of benzene rings is 5. The van der Waals surface area contributed by atoms with Gasteiger partial charge >= 0.3 is 0 Å². The Morgan fingerprint density at radius 1 is 0.400 bits per heavy atom. The van der Waals surface area contributed by atoms with Crippen LogP contribution in [0.4, 0.5) is 0 Å². The van der Waals surface area contributed by atoms with Gasteiger partial charge in [-0.2, -0.15) is 0 Å². The van der Waals surface area contributed by atoms with Crippen molar-refractivity contribution in [1.29, 1.82) is 0 Å². The lowest BCUT2D eigenvalue weighted by Gasteiger charge is -2.15. The molecule has 5 rings (SSSR count). The lowest BCUT2D eigenvalue weighted by atomic mass is 9.90. The Hall–Kier alpha value is -3.38. The zero-order chi connectivity index (χ0) is 20.2. The summed E-state index contributed by atoms with van der Waals surface area (Å²) in [5, 5.41) is 5.40. The third kappa shape index (κ3) is 4.00. The van der Waals surface area contributed by atoms with E-state index in [0.717, 1.165) is 25.7 Å². The fourth-order valence-corrected chi connectivity index (χ4v) is 4.49. The molecule has 0 spiro atoms. The molecule has 0 nitrogen and oxygen atoms in total. The highest BCUT2D eigenvalue weighted by Gasteiger charge is 2.10. The second-order valence-corrected chi connectivity index (χ2v) is 8.09. The minimum atomic E-state index is 1.07. The van der Waals surface area contributed by atoms with Gasteiger partial charge in [-0.3, -0.25) is 0 Å². The first-order chi connectivity index (χ1) is 14.9. The van der Waals surface area contributed by atoms with Gasteiger partial charge in [-0.25, -0.2) is 0 Å². The molecule has 0 N–H and O–H groups in total. The van der Waals surface area contributed by atoms with Gasteiger partial charge < -0.3 is 0 Å². The highest BCUT2D eigenvalue weighted by atomic mass is 14.1. The molecule has 0 heteroatoms. The Kier molecular flexibility index (Phi) is 5.31. The Bertz CT molecular complexity index is 1270. The molecule has 0 unspecified atom stereocenters. The molecule has 30 heavy (non-hydrogen) atoms. The molecule has 0 aliphatic heterocycles. The minimum absolute atomic E-state index is 1.07. The van der Waals surface area contributed by atoms with E-state index in [1.807, 2.05) is 0 Å². The fraction of sp³-hybridized carbons (Fsp3) is 0.133. The summed E-state index contributed by atoms with van der Waals surface area (Å²) in [5.74, 6) is 0. The van der Waals surface area contributed by atoms with E-state index < -0.39 is 0 Å². The van der Waals surface area contributed by atoms with Gasteiger partial charge in [0.1, 0.15) is 0 Å². The van der Waals surface area contributed by atoms with Crippen molar-refractivity contribution >= 4 is 21.5 Å². The molecule has 0 aliphatic carbocycles. The molecule has 0 radical (unpaired) electrons. The zero-order valence-electron chi connectivity index (χ0n) is 17.2. The van der Waals surface area contributed by atoms with Gasteiger partial charge in [-0.05, 0) is 81.6 Å². The van der Waals surface area contributed by atoms with Crippen LogP contribution in [0.25, 0.3) is 21.5 Å². The molecule has 146 valence electrons. The molecule has 0 heterocycles. The predicted octanol–water partition coefficient (Wildman–Crippen LogP) is 7.56. The third-order valence-corrected chi connectivity index (χ3v) is 6.13. The molecule has 0 bridgehead atoms. The summed E-state index contributed by atoms with van der Waals surface area (Å²) in [6.45, 7) is 0. The summed E-state index contributed by atoms with van der Waals surface area (Å²) in [4.78, 5) is 0. The molecule has 0 saturated carbocycles. The quantitative estimate of drug-likeness (QED) is 0.264. The van der Waals surface area contributed by atoms with Crippen LogP contribution in [0, 0.1) is 0 Å². The smallest absolute Gasteiger partial charge is 0.0143 e. The Morgan fingerprint density at radius 3 is 1.63 bits per heavy atom. The Balaban J connectivity index is 1.55. The van der Waals surface area contributed by atoms with Gasteiger partial charge in [-0.1, -0.05) is 97.1 Å². The van der Waals surface area contributed by atoms with Crippen LogP contribution in [-0.4, -0.2) is 0 Å². The lowest BCUT2D eigenvalue weighted by Crippen LogP contribution is -2.01. The van der Waals surface area contributed by atoms with E-state index in [1.54, 1.807) is 0 Å². The first-order valence-corrected chi connectivity index (χ1v) is 10.9. The largest absolute Gasteiger partial charge is 0.0622 e. The molecular formula is C30H26. The molecule has 0 aromatic heterocycles. The molecule has 0 atom stereocenters. The third-order valence-electron chi connectivity index (χ3n) is 6.13. The van der Waals surface area contributed by atoms with E-state index >= 15 is 0 Å². The maximum Gasteiger partial charge on any atom is -0.0143 e. The monoisotopic (exact) mass is 386 g/mol. The highest BCUT2D eigenvalue weighted by Crippen LogP contribution is 2.29. The van der Waals surface area contributed by atoms with Gasteiger partial charge in [0.2, 0.25) is 0 Å². The molecule has 0 saturated heterocycles. The van der Waals surface area contributed by atoms with Crippen LogP contribution in [-0.2, 0) is 25.7 Å². The Morgan fingerprint density at radius 2 is 0.967 bits per heavy atom. The number of rotatable bonds is 6. The first-order valence-electron chi connectivity index (χ1n) is 10.9. The normalized spacial score (nSPS) is 11.2. The number of fused-ring (bicyclic) bond motifs is 2. The van der Waals surface area contributed by atoms with Gasteiger partial charge in [0.25, 0.3) is 0 Å². The molecule has 5 aromatic carbocycles. The van der Waals surface area contributed by atoms with Crippen LogP contribution in [0.5, 0.6) is 0 Å². The van der Waals surface area contributed by atoms with Crippen molar-refractivity contribution in [2.24, 2.45) is 0 Å². The van der Waals surface area contributed by atoms with Crippen molar-refractivity contribution in [2.75, 3.05) is 0 Å². The van der Waals surface area contributed by atoms with E-state index in [9.17, 15) is 0 Å². The van der Waals surface area contributed by atoms with Crippen molar-refractivity contribution in [3.8, 4) is 0 Å². The first kappa shape index (κ1) is 18.6. The molecular weight excluding hydrogens is 360 g/mol. The van der Waals surface area contributed by atoms with Gasteiger partial charge in [0.05, 0.1) is 0 Å². The second kappa shape index (κ2) is 8.55. The second-order valence-electron chi connectivity index (χ2n) is 8.09. The number of hydrogen-bond acceptors (Lipinski definition) is 0.